The predicted molar refractivity (Wildman–Crippen MR) is 121 cm³/mol. The zero-order valence-corrected chi connectivity index (χ0v) is 18.3. The fourth-order valence-electron chi connectivity index (χ4n) is 3.71. The molecule has 3 rings (SSSR count). The smallest absolute Gasteiger partial charge is 0.251 e. The molecule has 6 N–H and O–H groups in total. The lowest BCUT2D eigenvalue weighted by Crippen LogP contribution is -2.55. The maximum absolute atomic E-state index is 12.1. The second kappa shape index (κ2) is 10.7. The highest BCUT2D eigenvalue weighted by Gasteiger charge is 2.43. The highest BCUT2D eigenvalue weighted by atomic mass is 16.5. The molecule has 2 aromatic rings. The molecule has 0 aliphatic carbocycles. The molecule has 1 fully saturated rings. The average Bonchev–Trinajstić information content (AvgIpc) is 2.85. The van der Waals surface area contributed by atoms with Crippen molar-refractivity contribution in [3.05, 3.63) is 70.3 Å². The molecule has 3 unspecified atom stereocenters. The number of benzene rings is 2. The zero-order valence-electron chi connectivity index (χ0n) is 18.3. The van der Waals surface area contributed by atoms with Crippen molar-refractivity contribution in [2.75, 3.05) is 20.7 Å². The van der Waals surface area contributed by atoms with Gasteiger partial charge in [0.15, 0.2) is 0 Å². The van der Waals surface area contributed by atoms with Crippen molar-refractivity contribution in [1.82, 2.24) is 10.6 Å². The van der Waals surface area contributed by atoms with E-state index in [1.54, 1.807) is 42.5 Å². The van der Waals surface area contributed by atoms with E-state index >= 15 is 0 Å². The van der Waals surface area contributed by atoms with E-state index < -0.39 is 37.1 Å². The highest BCUT2D eigenvalue weighted by Crippen LogP contribution is 2.32. The topological polar surface area (TPSA) is 148 Å². The summed E-state index contributed by atoms with van der Waals surface area (Å²) in [5.74, 6) is -0.639. The normalized spacial score (nSPS) is 25.1. The third kappa shape index (κ3) is 5.47. The third-order valence-corrected chi connectivity index (χ3v) is 5.53. The number of hydrogen-bond donors (Lipinski definition) is 6. The minimum atomic E-state index is -1.46. The van der Waals surface area contributed by atoms with Gasteiger partial charge >= 0.3 is 0 Å². The second-order valence-electron chi connectivity index (χ2n) is 7.75. The van der Waals surface area contributed by atoms with Crippen LogP contribution in [0.2, 0.25) is 0 Å². The number of amides is 2. The maximum atomic E-state index is 12.1. The molecule has 176 valence electrons. The van der Waals surface area contributed by atoms with E-state index in [-0.39, 0.29) is 11.8 Å². The Balaban J connectivity index is 1.89. The lowest BCUT2D eigenvalue weighted by Gasteiger charge is -2.40. The lowest BCUT2D eigenvalue weighted by atomic mass is 9.90. The molecule has 33 heavy (non-hydrogen) atoms. The van der Waals surface area contributed by atoms with Gasteiger partial charge in [0.05, 0.1) is 6.61 Å². The largest absolute Gasteiger partial charge is 0.394 e. The summed E-state index contributed by atoms with van der Waals surface area (Å²) < 4.78 is 5.62. The summed E-state index contributed by atoms with van der Waals surface area (Å²) in [5, 5.41) is 44.9. The fraction of sp³-hybridized carbons (Fsp3) is 0.333. The summed E-state index contributed by atoms with van der Waals surface area (Å²) in [6, 6.07) is 11.8. The molecular formula is C24H28N2O7. The van der Waals surface area contributed by atoms with Crippen LogP contribution in [0.5, 0.6) is 0 Å². The number of hydrogen-bond acceptors (Lipinski definition) is 7. The highest BCUT2D eigenvalue weighted by molar-refractivity contribution is 6.00. The van der Waals surface area contributed by atoms with Crippen LogP contribution in [-0.4, -0.2) is 77.4 Å². The Morgan fingerprint density at radius 1 is 0.879 bits per heavy atom. The van der Waals surface area contributed by atoms with Crippen LogP contribution in [0.25, 0.3) is 12.2 Å². The van der Waals surface area contributed by atoms with Gasteiger partial charge in [-0.2, -0.15) is 0 Å². The molecule has 1 aliphatic rings. The SMILES string of the molecule is CNC(=O)c1cc(/C=C\c2cccc([C@H]3OC(CO)[C@@H](O)C(O)C3O)c2)cc(C(=O)NC)c1. The first-order chi connectivity index (χ1) is 15.8. The van der Waals surface area contributed by atoms with Gasteiger partial charge in [-0.05, 0) is 41.0 Å². The summed E-state index contributed by atoms with van der Waals surface area (Å²) in [4.78, 5) is 24.2. The van der Waals surface area contributed by atoms with E-state index in [1.807, 2.05) is 6.07 Å². The summed E-state index contributed by atoms with van der Waals surface area (Å²) >= 11 is 0. The van der Waals surface area contributed by atoms with Gasteiger partial charge in [-0.1, -0.05) is 30.4 Å². The molecule has 2 aromatic carbocycles. The Kier molecular flexibility index (Phi) is 7.96. The van der Waals surface area contributed by atoms with Gasteiger partial charge in [0.2, 0.25) is 0 Å². The van der Waals surface area contributed by atoms with Crippen LogP contribution in [0.15, 0.2) is 42.5 Å². The Hall–Kier alpha value is -3.08. The molecule has 9 nitrogen and oxygen atoms in total. The van der Waals surface area contributed by atoms with E-state index in [0.717, 1.165) is 5.56 Å². The first-order valence-electron chi connectivity index (χ1n) is 10.5. The molecule has 0 aromatic heterocycles. The van der Waals surface area contributed by atoms with E-state index in [4.69, 9.17) is 4.74 Å². The standard InChI is InChI=1S/C24H28N2O7/c1-25-23(31)16-9-14(10-17(11-16)24(32)26-2)7-6-13-4-3-5-15(8-13)22-21(30)20(29)19(28)18(12-27)33-22/h3-11,18-22,27-30H,12H2,1-2H3,(H,25,31)(H,26,32)/b7-6-/t18?,19-,20?,21?,22-/m1/s1. The van der Waals surface area contributed by atoms with E-state index in [1.165, 1.54) is 20.2 Å². The second-order valence-corrected chi connectivity index (χ2v) is 7.75. The van der Waals surface area contributed by atoms with Crippen LogP contribution in [0.3, 0.4) is 0 Å². The van der Waals surface area contributed by atoms with Crippen LogP contribution in [0, 0.1) is 0 Å². The Morgan fingerprint density at radius 2 is 1.48 bits per heavy atom. The first-order valence-corrected chi connectivity index (χ1v) is 10.5. The van der Waals surface area contributed by atoms with Gasteiger partial charge in [0, 0.05) is 25.2 Å². The molecule has 1 heterocycles. The number of ether oxygens (including phenoxy) is 1. The maximum Gasteiger partial charge on any atom is 0.251 e. The average molecular weight is 456 g/mol. The van der Waals surface area contributed by atoms with Crippen LogP contribution >= 0.6 is 0 Å². The fourth-order valence-corrected chi connectivity index (χ4v) is 3.71. The van der Waals surface area contributed by atoms with E-state index in [0.29, 0.717) is 22.3 Å². The van der Waals surface area contributed by atoms with Gasteiger partial charge in [-0.25, -0.2) is 0 Å². The third-order valence-electron chi connectivity index (χ3n) is 5.53. The minimum absolute atomic E-state index is 0.319. The molecule has 0 bridgehead atoms. The Morgan fingerprint density at radius 3 is 2.06 bits per heavy atom. The van der Waals surface area contributed by atoms with Crippen molar-refractivity contribution < 1.29 is 34.8 Å². The van der Waals surface area contributed by atoms with Crippen molar-refractivity contribution in [2.45, 2.75) is 30.5 Å². The van der Waals surface area contributed by atoms with Crippen molar-refractivity contribution in [2.24, 2.45) is 0 Å². The summed E-state index contributed by atoms with van der Waals surface area (Å²) in [6.45, 7) is -0.504. The molecule has 5 atom stereocenters. The predicted octanol–water partition coefficient (Wildman–Crippen LogP) is 0.0911. The first kappa shape index (κ1) is 24.6. The molecule has 9 heteroatoms. The number of carbonyl (C=O) groups is 2. The number of rotatable bonds is 6. The Bertz CT molecular complexity index is 1000. The number of aliphatic hydroxyl groups excluding tert-OH is 4. The molecular weight excluding hydrogens is 428 g/mol. The summed E-state index contributed by atoms with van der Waals surface area (Å²) in [7, 11) is 3.02. The number of carbonyl (C=O) groups excluding carboxylic acids is 2. The van der Waals surface area contributed by atoms with Gasteiger partial charge in [-0.15, -0.1) is 0 Å². The van der Waals surface area contributed by atoms with Gasteiger partial charge in [-0.3, -0.25) is 9.59 Å². The summed E-state index contributed by atoms with van der Waals surface area (Å²) in [5.41, 5.74) is 2.60. The van der Waals surface area contributed by atoms with Crippen LogP contribution in [0.1, 0.15) is 43.5 Å². The van der Waals surface area contributed by atoms with Crippen molar-refractivity contribution in [3.8, 4) is 0 Å². The van der Waals surface area contributed by atoms with Crippen LogP contribution in [-0.2, 0) is 4.74 Å². The van der Waals surface area contributed by atoms with E-state index in [9.17, 15) is 30.0 Å². The van der Waals surface area contributed by atoms with Gasteiger partial charge < -0.3 is 35.8 Å². The lowest BCUT2D eigenvalue weighted by molar-refractivity contribution is -0.231. The van der Waals surface area contributed by atoms with Crippen LogP contribution in [0.4, 0.5) is 0 Å². The molecule has 0 saturated carbocycles. The monoisotopic (exact) mass is 456 g/mol. The quantitative estimate of drug-likeness (QED) is 0.338. The van der Waals surface area contributed by atoms with E-state index in [2.05, 4.69) is 10.6 Å². The molecule has 1 aliphatic heterocycles. The number of aliphatic hydroxyl groups is 4. The van der Waals surface area contributed by atoms with Crippen LogP contribution < -0.4 is 10.6 Å². The minimum Gasteiger partial charge on any atom is -0.394 e. The number of nitrogens with one attached hydrogen (secondary N) is 2. The summed E-state index contributed by atoms with van der Waals surface area (Å²) in [6.07, 6.45) is -2.69. The molecule has 0 radical (unpaired) electrons. The van der Waals surface area contributed by atoms with Crippen molar-refractivity contribution in [1.29, 1.82) is 0 Å². The van der Waals surface area contributed by atoms with Crippen molar-refractivity contribution >= 4 is 24.0 Å². The molecule has 1 saturated heterocycles. The molecule has 2 amide bonds. The molecule has 0 spiro atoms. The van der Waals surface area contributed by atoms with Crippen molar-refractivity contribution in [3.63, 3.8) is 0 Å². The van der Waals surface area contributed by atoms with Gasteiger partial charge in [0.1, 0.15) is 30.5 Å². The zero-order chi connectivity index (χ0) is 24.1. The Labute approximate surface area is 191 Å². The van der Waals surface area contributed by atoms with Gasteiger partial charge in [0.25, 0.3) is 11.8 Å².